The SMILES string of the molecule is CC(=O)c1nc2c(C)nnc(N)n2n1. The molecule has 0 spiro atoms. The number of ketones is 1. The number of carbonyl (C=O) groups excluding carboxylic acids is 1. The normalized spacial score (nSPS) is 10.7. The van der Waals surface area contributed by atoms with Crippen molar-refractivity contribution in [3.05, 3.63) is 11.5 Å². The largest absolute Gasteiger partial charge is 0.366 e. The van der Waals surface area contributed by atoms with E-state index in [2.05, 4.69) is 20.3 Å². The highest BCUT2D eigenvalue weighted by Crippen LogP contribution is 2.07. The maximum Gasteiger partial charge on any atom is 0.243 e. The molecule has 2 rings (SSSR count). The third-order valence-electron chi connectivity index (χ3n) is 1.77. The van der Waals surface area contributed by atoms with Crippen LogP contribution in [0, 0.1) is 6.92 Å². The fraction of sp³-hybridized carbons (Fsp3) is 0.286. The minimum absolute atomic E-state index is 0.116. The van der Waals surface area contributed by atoms with E-state index in [0.717, 1.165) is 0 Å². The van der Waals surface area contributed by atoms with Gasteiger partial charge in [-0.05, 0) is 6.92 Å². The van der Waals surface area contributed by atoms with Gasteiger partial charge in [0.2, 0.25) is 11.8 Å². The van der Waals surface area contributed by atoms with Gasteiger partial charge in [-0.2, -0.15) is 4.52 Å². The highest BCUT2D eigenvalue weighted by atomic mass is 16.1. The number of nitrogens with two attached hydrogens (primary N) is 1. The molecule has 0 aromatic carbocycles. The molecule has 0 unspecified atom stereocenters. The molecule has 2 N–H and O–H groups in total. The van der Waals surface area contributed by atoms with Gasteiger partial charge in [0.15, 0.2) is 11.4 Å². The van der Waals surface area contributed by atoms with E-state index in [1.807, 2.05) is 0 Å². The van der Waals surface area contributed by atoms with E-state index in [4.69, 9.17) is 5.73 Å². The molecule has 7 heteroatoms. The fourth-order valence-electron chi connectivity index (χ4n) is 1.07. The lowest BCUT2D eigenvalue weighted by atomic mass is 10.4. The van der Waals surface area contributed by atoms with Gasteiger partial charge in [0.1, 0.15) is 5.69 Å². The van der Waals surface area contributed by atoms with E-state index in [1.165, 1.54) is 11.4 Å². The number of carbonyl (C=O) groups is 1. The van der Waals surface area contributed by atoms with Crippen LogP contribution in [0.1, 0.15) is 23.2 Å². The Kier molecular flexibility index (Phi) is 1.66. The van der Waals surface area contributed by atoms with Crippen LogP contribution < -0.4 is 5.73 Å². The first kappa shape index (κ1) is 8.54. The summed E-state index contributed by atoms with van der Waals surface area (Å²) >= 11 is 0. The lowest BCUT2D eigenvalue weighted by Crippen LogP contribution is -2.05. The predicted molar refractivity (Wildman–Crippen MR) is 47.7 cm³/mol. The number of nitrogens with zero attached hydrogens (tertiary/aromatic N) is 5. The summed E-state index contributed by atoms with van der Waals surface area (Å²) in [5, 5.41) is 11.3. The highest BCUT2D eigenvalue weighted by Gasteiger charge is 2.12. The van der Waals surface area contributed by atoms with E-state index in [9.17, 15) is 4.79 Å². The van der Waals surface area contributed by atoms with Gasteiger partial charge < -0.3 is 5.73 Å². The third kappa shape index (κ3) is 1.10. The summed E-state index contributed by atoms with van der Waals surface area (Å²) in [6.07, 6.45) is 0. The van der Waals surface area contributed by atoms with Crippen molar-refractivity contribution in [2.75, 3.05) is 5.73 Å². The Morgan fingerprint density at radius 3 is 2.71 bits per heavy atom. The zero-order valence-electron chi connectivity index (χ0n) is 7.72. The minimum atomic E-state index is -0.215. The smallest absolute Gasteiger partial charge is 0.243 e. The van der Waals surface area contributed by atoms with Gasteiger partial charge in [0, 0.05) is 6.92 Å². The van der Waals surface area contributed by atoms with Crippen LogP contribution in [0.5, 0.6) is 0 Å². The first-order valence-corrected chi connectivity index (χ1v) is 3.96. The summed E-state index contributed by atoms with van der Waals surface area (Å²) in [4.78, 5) is 15.0. The second kappa shape index (κ2) is 2.72. The maximum atomic E-state index is 11.0. The van der Waals surface area contributed by atoms with Crippen molar-refractivity contribution in [1.29, 1.82) is 0 Å². The van der Waals surface area contributed by atoms with Crippen molar-refractivity contribution in [1.82, 2.24) is 24.8 Å². The fourth-order valence-corrected chi connectivity index (χ4v) is 1.07. The second-order valence-electron chi connectivity index (χ2n) is 2.87. The van der Waals surface area contributed by atoms with Crippen molar-refractivity contribution >= 4 is 17.4 Å². The molecule has 0 aliphatic heterocycles. The maximum absolute atomic E-state index is 11.0. The summed E-state index contributed by atoms with van der Waals surface area (Å²) in [6.45, 7) is 3.11. The number of anilines is 1. The van der Waals surface area contributed by atoms with Gasteiger partial charge in [-0.3, -0.25) is 4.79 Å². The molecule has 0 radical (unpaired) electrons. The van der Waals surface area contributed by atoms with Crippen LogP contribution in [0.3, 0.4) is 0 Å². The molecule has 0 saturated carbocycles. The lowest BCUT2D eigenvalue weighted by Gasteiger charge is -1.95. The molecule has 0 atom stereocenters. The topological polar surface area (TPSA) is 99.1 Å². The molecule has 2 heterocycles. The van der Waals surface area contributed by atoms with Crippen LogP contribution in [0.15, 0.2) is 0 Å². The number of hydrogen-bond acceptors (Lipinski definition) is 6. The molecule has 0 saturated heterocycles. The molecule has 0 aliphatic rings. The van der Waals surface area contributed by atoms with Gasteiger partial charge >= 0.3 is 0 Å². The summed E-state index contributed by atoms with van der Waals surface area (Å²) in [6, 6.07) is 0. The number of hydrogen-bond donors (Lipinski definition) is 1. The number of Topliss-reactive ketones (excluding diaryl/α,β-unsaturated/α-hetero) is 1. The molecule has 2 aromatic heterocycles. The van der Waals surface area contributed by atoms with E-state index in [-0.39, 0.29) is 17.6 Å². The molecular formula is C7H8N6O. The number of aromatic nitrogens is 5. The molecule has 0 aliphatic carbocycles. The first-order valence-electron chi connectivity index (χ1n) is 3.96. The number of rotatable bonds is 1. The summed E-state index contributed by atoms with van der Waals surface area (Å²) in [5.74, 6) is 0.0210. The molecule has 14 heavy (non-hydrogen) atoms. The van der Waals surface area contributed by atoms with Crippen LogP contribution in [0.2, 0.25) is 0 Å². The lowest BCUT2D eigenvalue weighted by molar-refractivity contribution is 0.100. The number of fused-ring (bicyclic) bond motifs is 1. The monoisotopic (exact) mass is 192 g/mol. The zero-order valence-corrected chi connectivity index (χ0v) is 7.72. The van der Waals surface area contributed by atoms with E-state index < -0.39 is 0 Å². The zero-order chi connectivity index (χ0) is 10.3. The van der Waals surface area contributed by atoms with Crippen molar-refractivity contribution in [3.63, 3.8) is 0 Å². The average molecular weight is 192 g/mol. The van der Waals surface area contributed by atoms with Gasteiger partial charge in [-0.25, -0.2) is 4.98 Å². The Hall–Kier alpha value is -2.05. The van der Waals surface area contributed by atoms with Gasteiger partial charge in [-0.1, -0.05) is 0 Å². The first-order chi connectivity index (χ1) is 6.59. The Morgan fingerprint density at radius 1 is 1.43 bits per heavy atom. The molecule has 0 fully saturated rings. The van der Waals surface area contributed by atoms with Gasteiger partial charge in [-0.15, -0.1) is 15.3 Å². The van der Waals surface area contributed by atoms with Crippen LogP contribution >= 0.6 is 0 Å². The molecule has 2 aromatic rings. The van der Waals surface area contributed by atoms with Crippen molar-refractivity contribution < 1.29 is 4.79 Å². The standard InChI is InChI=1S/C7H8N6O/c1-3-6-9-5(4(2)14)12-13(6)7(8)11-10-3/h1-2H3,(H2,8,11). The van der Waals surface area contributed by atoms with Gasteiger partial charge in [0.05, 0.1) is 0 Å². The second-order valence-corrected chi connectivity index (χ2v) is 2.87. The van der Waals surface area contributed by atoms with Crippen LogP contribution in [0.25, 0.3) is 5.65 Å². The Morgan fingerprint density at radius 2 is 2.14 bits per heavy atom. The van der Waals surface area contributed by atoms with Crippen LogP contribution in [-0.4, -0.2) is 30.6 Å². The molecule has 72 valence electrons. The van der Waals surface area contributed by atoms with E-state index in [0.29, 0.717) is 11.3 Å². The Labute approximate surface area is 79.0 Å². The Balaban J connectivity index is 2.82. The molecule has 7 nitrogen and oxygen atoms in total. The molecule has 0 amide bonds. The van der Waals surface area contributed by atoms with Gasteiger partial charge in [0.25, 0.3) is 0 Å². The van der Waals surface area contributed by atoms with Crippen molar-refractivity contribution in [2.24, 2.45) is 0 Å². The third-order valence-corrected chi connectivity index (χ3v) is 1.77. The van der Waals surface area contributed by atoms with E-state index in [1.54, 1.807) is 6.92 Å². The van der Waals surface area contributed by atoms with Crippen molar-refractivity contribution in [2.45, 2.75) is 13.8 Å². The summed E-state index contributed by atoms with van der Waals surface area (Å²) in [5.41, 5.74) is 6.56. The minimum Gasteiger partial charge on any atom is -0.366 e. The summed E-state index contributed by atoms with van der Waals surface area (Å²) < 4.78 is 1.30. The average Bonchev–Trinajstić information content (AvgIpc) is 2.57. The predicted octanol–water partition coefficient (Wildman–Crippen LogP) is -0.387. The highest BCUT2D eigenvalue weighted by molar-refractivity contribution is 5.90. The molecule has 0 bridgehead atoms. The van der Waals surface area contributed by atoms with Crippen LogP contribution in [0.4, 0.5) is 5.95 Å². The molecular weight excluding hydrogens is 184 g/mol. The quantitative estimate of drug-likeness (QED) is 0.618. The van der Waals surface area contributed by atoms with E-state index >= 15 is 0 Å². The summed E-state index contributed by atoms with van der Waals surface area (Å²) in [7, 11) is 0. The Bertz CT molecular complexity index is 477. The number of nitrogen functional groups attached to an aromatic ring is 1. The van der Waals surface area contributed by atoms with Crippen molar-refractivity contribution in [3.8, 4) is 0 Å². The van der Waals surface area contributed by atoms with Crippen LogP contribution in [-0.2, 0) is 0 Å². The number of aryl methyl sites for hydroxylation is 1.